The van der Waals surface area contributed by atoms with Gasteiger partial charge in [-0.1, -0.05) is 88.0 Å². The third kappa shape index (κ3) is 6.32. The molecule has 0 N–H and O–H groups in total. The van der Waals surface area contributed by atoms with Gasteiger partial charge >= 0.3 is 8.24 Å². The van der Waals surface area contributed by atoms with Crippen molar-refractivity contribution < 1.29 is 12.9 Å². The monoisotopic (exact) mass is 694 g/mol. The maximum Gasteiger partial charge on any atom is 0.387 e. The number of halogens is 1. The first-order chi connectivity index (χ1) is 20.0. The highest BCUT2D eigenvalue weighted by molar-refractivity contribution is 14.1. The molecule has 3 atom stereocenters. The van der Waals surface area contributed by atoms with Gasteiger partial charge in [-0.05, 0) is 108 Å². The van der Waals surface area contributed by atoms with Crippen LogP contribution in [0.4, 0.5) is 0 Å². The fourth-order valence-corrected chi connectivity index (χ4v) is 11.9. The van der Waals surface area contributed by atoms with Gasteiger partial charge in [0.2, 0.25) is 0 Å². The van der Waals surface area contributed by atoms with Crippen molar-refractivity contribution in [3.05, 3.63) is 116 Å². The number of hydrogen-bond acceptors (Lipinski definition) is 3. The summed E-state index contributed by atoms with van der Waals surface area (Å²) in [5.41, 5.74) is 9.40. The number of aryl methyl sites for hydroxylation is 3. The lowest BCUT2D eigenvalue weighted by atomic mass is 10.00. The molecule has 0 spiro atoms. The second-order valence-electron chi connectivity index (χ2n) is 11.1. The number of rotatable bonds is 8. The van der Waals surface area contributed by atoms with E-state index in [4.69, 9.17) is 12.9 Å². The lowest BCUT2D eigenvalue weighted by Crippen LogP contribution is -2.02. The van der Waals surface area contributed by atoms with Gasteiger partial charge in [-0.25, -0.2) is 0 Å². The van der Waals surface area contributed by atoms with Gasteiger partial charge in [0, 0.05) is 22.1 Å². The van der Waals surface area contributed by atoms with Crippen LogP contribution in [0, 0.1) is 17.4 Å². The summed E-state index contributed by atoms with van der Waals surface area (Å²) in [5.74, 6) is 0. The minimum atomic E-state index is -1.62. The fourth-order valence-electron chi connectivity index (χ4n) is 6.18. The number of fused-ring (bicyclic) bond motifs is 3. The smallest absolute Gasteiger partial charge is 0.387 e. The fraction of sp³-hybridized carbons (Fsp3) is 0.314. The van der Waals surface area contributed by atoms with E-state index in [2.05, 4.69) is 128 Å². The van der Waals surface area contributed by atoms with Crippen molar-refractivity contribution in [3.8, 4) is 0 Å². The van der Waals surface area contributed by atoms with Crippen LogP contribution in [0.25, 0.3) is 21.9 Å². The lowest BCUT2D eigenvalue weighted by molar-refractivity contribution is 0.432. The Bertz CT molecular complexity index is 1640. The molecule has 4 aromatic carbocycles. The van der Waals surface area contributed by atoms with Crippen molar-refractivity contribution in [1.82, 2.24) is 0 Å². The summed E-state index contributed by atoms with van der Waals surface area (Å²) in [7, 11) is -2.11. The van der Waals surface area contributed by atoms with Crippen LogP contribution in [0.1, 0.15) is 71.7 Å². The van der Waals surface area contributed by atoms with E-state index in [1.165, 1.54) is 40.7 Å². The van der Waals surface area contributed by atoms with Gasteiger partial charge in [0.1, 0.15) is 5.58 Å². The van der Waals surface area contributed by atoms with Gasteiger partial charge in [0.25, 0.3) is 0 Å². The van der Waals surface area contributed by atoms with Crippen LogP contribution >= 0.6 is 38.8 Å². The van der Waals surface area contributed by atoms with Crippen molar-refractivity contribution in [2.24, 2.45) is 0 Å². The first-order valence-corrected chi connectivity index (χ1v) is 18.4. The van der Waals surface area contributed by atoms with Crippen molar-refractivity contribution in [3.63, 3.8) is 0 Å². The predicted octanol–water partition coefficient (Wildman–Crippen LogP) is 12.0. The second kappa shape index (κ2) is 13.0. The van der Waals surface area contributed by atoms with Gasteiger partial charge in [-0.15, -0.1) is 0 Å². The van der Waals surface area contributed by atoms with E-state index < -0.39 is 16.2 Å². The molecule has 212 valence electrons. The van der Waals surface area contributed by atoms with Crippen molar-refractivity contribution >= 4 is 60.7 Å². The molecule has 6 rings (SSSR count). The third-order valence-corrected chi connectivity index (χ3v) is 13.3. The molecule has 5 aromatic rings. The summed E-state index contributed by atoms with van der Waals surface area (Å²) < 4.78 is 21.4. The summed E-state index contributed by atoms with van der Waals surface area (Å²) in [4.78, 5) is 0. The van der Waals surface area contributed by atoms with Crippen LogP contribution in [0.3, 0.4) is 0 Å². The van der Waals surface area contributed by atoms with Gasteiger partial charge in [-0.2, -0.15) is 0 Å². The summed E-state index contributed by atoms with van der Waals surface area (Å²) in [6.45, 7) is 6.57. The average Bonchev–Trinajstić information content (AvgIpc) is 3.34. The summed E-state index contributed by atoms with van der Waals surface area (Å²) in [6.07, 6.45) is 6.28. The van der Waals surface area contributed by atoms with E-state index in [0.29, 0.717) is 17.7 Å². The Balaban J connectivity index is 1.45. The van der Waals surface area contributed by atoms with Crippen LogP contribution in [-0.2, 0) is 6.42 Å². The molecule has 0 aliphatic carbocycles. The van der Waals surface area contributed by atoms with Gasteiger partial charge < -0.3 is 8.39 Å². The lowest BCUT2D eigenvalue weighted by Gasteiger charge is -2.25. The Morgan fingerprint density at radius 1 is 0.780 bits per heavy atom. The first-order valence-electron chi connectivity index (χ1n) is 14.6. The summed E-state index contributed by atoms with van der Waals surface area (Å²) >= 11 is 2.40. The van der Waals surface area contributed by atoms with E-state index in [9.17, 15) is 0 Å². The SMILES string of the molecule is CCCCc1cc(C)cc2c1op(OCP1C(c3ccccc3)CCC1c1ccccc1)oc1c(I)cc(C)cc12. The highest BCUT2D eigenvalue weighted by Gasteiger charge is 2.38. The highest BCUT2D eigenvalue weighted by atomic mass is 127. The summed E-state index contributed by atoms with van der Waals surface area (Å²) in [5, 5.41) is 2.23. The Morgan fingerprint density at radius 2 is 1.34 bits per heavy atom. The molecule has 41 heavy (non-hydrogen) atoms. The molecule has 0 bridgehead atoms. The van der Waals surface area contributed by atoms with Crippen LogP contribution in [-0.4, -0.2) is 6.35 Å². The topological polar surface area (TPSA) is 35.5 Å². The van der Waals surface area contributed by atoms with Crippen LogP contribution in [0.5, 0.6) is 0 Å². The maximum atomic E-state index is 6.79. The minimum Gasteiger partial charge on any atom is -0.399 e. The van der Waals surface area contributed by atoms with Crippen molar-refractivity contribution in [1.29, 1.82) is 0 Å². The van der Waals surface area contributed by atoms with Crippen molar-refractivity contribution in [2.45, 2.75) is 64.2 Å². The van der Waals surface area contributed by atoms with E-state index in [1.54, 1.807) is 0 Å². The molecule has 6 heteroatoms. The second-order valence-corrected chi connectivity index (χ2v) is 15.9. The Hall–Kier alpha value is -2.10. The normalized spacial score (nSPS) is 19.2. The molecular formula is C35H37IO3P2. The number of unbranched alkanes of at least 4 members (excludes halogenated alkanes) is 1. The third-order valence-electron chi connectivity index (χ3n) is 8.11. The zero-order valence-corrected chi connectivity index (χ0v) is 27.9. The molecule has 0 amide bonds. The molecular weight excluding hydrogens is 657 g/mol. The number of hydrogen-bond donors (Lipinski definition) is 0. The molecule has 0 radical (unpaired) electrons. The first kappa shape index (κ1) is 29.0. The molecule has 1 aliphatic rings. The predicted molar refractivity (Wildman–Crippen MR) is 183 cm³/mol. The zero-order valence-electron chi connectivity index (χ0n) is 24.0. The maximum absolute atomic E-state index is 6.79. The number of benzene rings is 4. The van der Waals surface area contributed by atoms with E-state index in [-0.39, 0.29) is 0 Å². The quantitative estimate of drug-likeness (QED) is 0.120. The van der Waals surface area contributed by atoms with Gasteiger partial charge in [0.05, 0.1) is 9.92 Å². The summed E-state index contributed by atoms with van der Waals surface area (Å²) in [6, 6.07) is 31.0. The van der Waals surface area contributed by atoms with E-state index >= 15 is 0 Å². The Kier molecular flexibility index (Phi) is 9.22. The van der Waals surface area contributed by atoms with Crippen LogP contribution in [0.2, 0.25) is 0 Å². The molecule has 1 saturated heterocycles. The zero-order chi connectivity index (χ0) is 28.3. The van der Waals surface area contributed by atoms with Crippen LogP contribution in [0.15, 0.2) is 93.3 Å². The minimum absolute atomic E-state index is 0.496. The Morgan fingerprint density at radius 3 is 1.95 bits per heavy atom. The molecule has 2 heterocycles. The highest BCUT2D eigenvalue weighted by Crippen LogP contribution is 2.70. The Labute approximate surface area is 259 Å². The van der Waals surface area contributed by atoms with Gasteiger partial charge in [-0.3, -0.25) is 4.52 Å². The van der Waals surface area contributed by atoms with Gasteiger partial charge in [0.15, 0.2) is 5.58 Å². The molecule has 3 nitrogen and oxygen atoms in total. The van der Waals surface area contributed by atoms with E-state index in [0.717, 1.165) is 44.8 Å². The standard InChI is InChI=1S/C35H37IO3P2/c1-4-5-12-28-19-24(2)20-29-30-21-25(3)22-31(36)35(30)39-41(38-34(28)29)37-23-40-32(26-13-8-6-9-14-26)17-18-33(40)27-15-10-7-11-16-27/h6-11,13-16,19-22,32-33H,4-5,12,17-18,23H2,1-3H3. The average molecular weight is 695 g/mol. The molecule has 1 aliphatic heterocycles. The molecule has 0 saturated carbocycles. The largest absolute Gasteiger partial charge is 0.399 e. The molecule has 1 fully saturated rings. The van der Waals surface area contributed by atoms with Crippen molar-refractivity contribution in [2.75, 3.05) is 6.35 Å². The molecule has 1 aromatic heterocycles. The van der Waals surface area contributed by atoms with E-state index in [1.807, 2.05) is 0 Å². The molecule has 3 unspecified atom stereocenters. The van der Waals surface area contributed by atoms with Crippen LogP contribution < -0.4 is 4.52 Å².